The average molecular weight is 312 g/mol. The number of nitrogen functional groups attached to an aromatic ring is 1. The van der Waals surface area contributed by atoms with E-state index >= 15 is 0 Å². The summed E-state index contributed by atoms with van der Waals surface area (Å²) in [5, 5.41) is 9.70. The summed E-state index contributed by atoms with van der Waals surface area (Å²) in [5.41, 5.74) is 7.39. The lowest BCUT2D eigenvalue weighted by Gasteiger charge is -2.09. The molecule has 0 unspecified atom stereocenters. The Morgan fingerprint density at radius 1 is 1.18 bits per heavy atom. The molecule has 0 fully saturated rings. The van der Waals surface area contributed by atoms with Gasteiger partial charge in [0.2, 0.25) is 0 Å². The first-order valence-electron chi connectivity index (χ1n) is 6.40. The van der Waals surface area contributed by atoms with E-state index in [1.54, 1.807) is 36.5 Å². The van der Waals surface area contributed by atoms with Crippen molar-refractivity contribution < 1.29 is 8.42 Å². The number of nitrogens with one attached hydrogen (secondary N) is 2. The fourth-order valence-electron chi connectivity index (χ4n) is 2.22. The Bertz CT molecular complexity index is 1000. The topological polar surface area (TPSA) is 112 Å². The van der Waals surface area contributed by atoms with Gasteiger partial charge < -0.3 is 10.7 Å². The maximum atomic E-state index is 12.4. The molecule has 110 valence electrons. The van der Waals surface area contributed by atoms with E-state index in [-0.39, 0.29) is 4.90 Å². The smallest absolute Gasteiger partial charge is 0.262 e. The molecule has 3 rings (SSSR count). The fraction of sp³-hybridized carbons (Fsp3) is 0. The van der Waals surface area contributed by atoms with Crippen molar-refractivity contribution in [3.05, 3.63) is 54.2 Å². The molecule has 0 amide bonds. The number of fused-ring (bicyclic) bond motifs is 1. The van der Waals surface area contributed by atoms with Crippen LogP contribution in [-0.2, 0) is 10.0 Å². The maximum Gasteiger partial charge on any atom is 0.262 e. The Labute approximate surface area is 127 Å². The van der Waals surface area contributed by atoms with Gasteiger partial charge in [0.05, 0.1) is 21.7 Å². The van der Waals surface area contributed by atoms with Gasteiger partial charge in [0.1, 0.15) is 6.07 Å². The van der Waals surface area contributed by atoms with Crippen LogP contribution in [0.5, 0.6) is 0 Å². The third-order valence-corrected chi connectivity index (χ3v) is 4.61. The standard InChI is InChI=1S/C15H12N4O2S/c16-8-10-9-18-15-13(10)5-2-6-14(15)19-22(20,21)12-4-1-3-11(17)7-12/h1-7,9,18-19H,17H2. The zero-order chi connectivity index (χ0) is 15.7. The van der Waals surface area contributed by atoms with E-state index in [2.05, 4.69) is 15.8 Å². The first-order chi connectivity index (χ1) is 10.5. The monoisotopic (exact) mass is 312 g/mol. The number of nitrogens with two attached hydrogens (primary N) is 1. The third-order valence-electron chi connectivity index (χ3n) is 3.25. The Kier molecular flexibility index (Phi) is 3.23. The Hall–Kier alpha value is -2.98. The molecule has 0 aliphatic carbocycles. The molecule has 0 radical (unpaired) electrons. The number of H-pyrrole nitrogens is 1. The van der Waals surface area contributed by atoms with Crippen LogP contribution in [0.3, 0.4) is 0 Å². The Morgan fingerprint density at radius 3 is 2.68 bits per heavy atom. The molecule has 22 heavy (non-hydrogen) atoms. The van der Waals surface area contributed by atoms with Crippen LogP contribution in [0.1, 0.15) is 5.56 Å². The minimum absolute atomic E-state index is 0.0802. The van der Waals surface area contributed by atoms with E-state index in [1.165, 1.54) is 12.1 Å². The quantitative estimate of drug-likeness (QED) is 0.645. The second-order valence-corrected chi connectivity index (χ2v) is 6.40. The molecule has 0 atom stereocenters. The summed E-state index contributed by atoms with van der Waals surface area (Å²) < 4.78 is 27.4. The number of aromatic amines is 1. The van der Waals surface area contributed by atoms with Gasteiger partial charge in [-0.15, -0.1) is 0 Å². The largest absolute Gasteiger partial charge is 0.399 e. The van der Waals surface area contributed by atoms with Crippen LogP contribution >= 0.6 is 0 Å². The Balaban J connectivity index is 2.07. The van der Waals surface area contributed by atoms with Crippen LogP contribution in [-0.4, -0.2) is 13.4 Å². The van der Waals surface area contributed by atoms with Crippen molar-refractivity contribution in [1.29, 1.82) is 5.26 Å². The van der Waals surface area contributed by atoms with E-state index in [0.717, 1.165) is 0 Å². The van der Waals surface area contributed by atoms with E-state index in [4.69, 9.17) is 11.0 Å². The first kappa shape index (κ1) is 14.0. The van der Waals surface area contributed by atoms with Crippen LogP contribution in [0, 0.1) is 11.3 Å². The van der Waals surface area contributed by atoms with Gasteiger partial charge in [-0.05, 0) is 24.3 Å². The van der Waals surface area contributed by atoms with Gasteiger partial charge in [-0.1, -0.05) is 18.2 Å². The zero-order valence-corrected chi connectivity index (χ0v) is 12.2. The molecule has 0 aliphatic heterocycles. The van der Waals surface area contributed by atoms with Crippen LogP contribution in [0.4, 0.5) is 11.4 Å². The molecule has 4 N–H and O–H groups in total. The van der Waals surface area contributed by atoms with Crippen molar-refractivity contribution in [1.82, 2.24) is 4.98 Å². The molecule has 7 heteroatoms. The summed E-state index contributed by atoms with van der Waals surface area (Å²) in [6, 6.07) is 13.2. The molecule has 0 spiro atoms. The summed E-state index contributed by atoms with van der Waals surface area (Å²) in [6.45, 7) is 0. The molecule has 3 aromatic rings. The second-order valence-electron chi connectivity index (χ2n) is 4.72. The summed E-state index contributed by atoms with van der Waals surface area (Å²) in [4.78, 5) is 3.00. The molecule has 1 heterocycles. The van der Waals surface area contributed by atoms with E-state index in [1.807, 2.05) is 0 Å². The van der Waals surface area contributed by atoms with E-state index in [0.29, 0.717) is 27.8 Å². The lowest BCUT2D eigenvalue weighted by molar-refractivity contribution is 0.601. The highest BCUT2D eigenvalue weighted by atomic mass is 32.2. The third kappa shape index (κ3) is 2.36. The minimum atomic E-state index is -3.76. The predicted octanol–water partition coefficient (Wildman–Crippen LogP) is 2.42. The van der Waals surface area contributed by atoms with Gasteiger partial charge in [-0.2, -0.15) is 5.26 Å². The molecule has 0 saturated heterocycles. The number of nitrogens with zero attached hydrogens (tertiary/aromatic N) is 1. The number of anilines is 2. The van der Waals surface area contributed by atoms with Crippen molar-refractivity contribution >= 4 is 32.3 Å². The molecular weight excluding hydrogens is 300 g/mol. The van der Waals surface area contributed by atoms with Crippen LogP contribution in [0.25, 0.3) is 10.9 Å². The highest BCUT2D eigenvalue weighted by Crippen LogP contribution is 2.27. The first-order valence-corrected chi connectivity index (χ1v) is 7.88. The van der Waals surface area contributed by atoms with Crippen molar-refractivity contribution in [2.45, 2.75) is 4.90 Å². The summed E-state index contributed by atoms with van der Waals surface area (Å²) in [6.07, 6.45) is 1.54. The molecule has 6 nitrogen and oxygen atoms in total. The minimum Gasteiger partial charge on any atom is -0.399 e. The van der Waals surface area contributed by atoms with Gasteiger partial charge in [-0.25, -0.2) is 8.42 Å². The molecule has 0 saturated carbocycles. The van der Waals surface area contributed by atoms with Crippen molar-refractivity contribution in [2.75, 3.05) is 10.5 Å². The second kappa shape index (κ2) is 5.09. The van der Waals surface area contributed by atoms with Crippen molar-refractivity contribution in [3.8, 4) is 6.07 Å². The Morgan fingerprint density at radius 2 is 1.95 bits per heavy atom. The highest BCUT2D eigenvalue weighted by Gasteiger charge is 2.16. The number of sulfonamides is 1. The van der Waals surface area contributed by atoms with Crippen molar-refractivity contribution in [3.63, 3.8) is 0 Å². The normalized spacial score (nSPS) is 11.2. The number of rotatable bonds is 3. The number of hydrogen-bond acceptors (Lipinski definition) is 4. The van der Waals surface area contributed by atoms with Crippen LogP contribution in [0.2, 0.25) is 0 Å². The fourth-order valence-corrected chi connectivity index (χ4v) is 3.34. The number of nitriles is 1. The molecule has 1 aromatic heterocycles. The highest BCUT2D eigenvalue weighted by molar-refractivity contribution is 7.92. The summed E-state index contributed by atoms with van der Waals surface area (Å²) in [5.74, 6) is 0. The summed E-state index contributed by atoms with van der Waals surface area (Å²) in [7, 11) is -3.76. The molecule has 0 aliphatic rings. The van der Waals surface area contributed by atoms with Gasteiger partial charge in [0.15, 0.2) is 0 Å². The lowest BCUT2D eigenvalue weighted by atomic mass is 10.2. The summed E-state index contributed by atoms with van der Waals surface area (Å²) >= 11 is 0. The SMILES string of the molecule is N#Cc1c[nH]c2c(NS(=O)(=O)c3cccc(N)c3)cccc12. The molecule has 0 bridgehead atoms. The number of hydrogen-bond donors (Lipinski definition) is 3. The van der Waals surface area contributed by atoms with Crippen LogP contribution < -0.4 is 10.5 Å². The van der Waals surface area contributed by atoms with E-state index in [9.17, 15) is 8.42 Å². The number of benzene rings is 2. The van der Waals surface area contributed by atoms with Gasteiger partial charge >= 0.3 is 0 Å². The zero-order valence-electron chi connectivity index (χ0n) is 11.4. The lowest BCUT2D eigenvalue weighted by Crippen LogP contribution is -2.13. The van der Waals surface area contributed by atoms with Gasteiger partial charge in [0, 0.05) is 17.3 Å². The van der Waals surface area contributed by atoms with E-state index < -0.39 is 10.0 Å². The molecular formula is C15H12N4O2S. The van der Waals surface area contributed by atoms with Gasteiger partial charge in [0.25, 0.3) is 10.0 Å². The number of aromatic nitrogens is 1. The predicted molar refractivity (Wildman–Crippen MR) is 84.7 cm³/mol. The number of para-hydroxylation sites is 1. The van der Waals surface area contributed by atoms with Crippen molar-refractivity contribution in [2.24, 2.45) is 0 Å². The average Bonchev–Trinajstić information content (AvgIpc) is 2.91. The molecule has 2 aromatic carbocycles. The van der Waals surface area contributed by atoms with Crippen LogP contribution in [0.15, 0.2) is 53.6 Å². The van der Waals surface area contributed by atoms with Gasteiger partial charge in [-0.3, -0.25) is 4.72 Å². The maximum absolute atomic E-state index is 12.4.